The summed E-state index contributed by atoms with van der Waals surface area (Å²) in [7, 11) is 1.81. The smallest absolute Gasteiger partial charge is 0.225 e. The van der Waals surface area contributed by atoms with Crippen LogP contribution >= 0.6 is 39.9 Å². The molecule has 0 spiro atoms. The second-order valence-electron chi connectivity index (χ2n) is 8.14. The van der Waals surface area contributed by atoms with Crippen LogP contribution in [0.15, 0.2) is 33.7 Å². The van der Waals surface area contributed by atoms with Gasteiger partial charge in [0.05, 0.1) is 0 Å². The first kappa shape index (κ1) is 23.4. The average Bonchev–Trinajstić information content (AvgIpc) is 3.07. The zero-order valence-electron chi connectivity index (χ0n) is 17.0. The third kappa shape index (κ3) is 5.40. The number of amides is 1. The van der Waals surface area contributed by atoms with Gasteiger partial charge < -0.3 is 15.5 Å². The number of nitrogens with zero attached hydrogens (tertiary/aromatic N) is 2. The summed E-state index contributed by atoms with van der Waals surface area (Å²) in [6.07, 6.45) is 4.64. The van der Waals surface area contributed by atoms with E-state index in [1.807, 2.05) is 25.8 Å². The van der Waals surface area contributed by atoms with Gasteiger partial charge in [-0.25, -0.2) is 0 Å². The fraction of sp³-hybridized carbons (Fsp3) is 0.619. The van der Waals surface area contributed by atoms with Crippen LogP contribution in [0.2, 0.25) is 0 Å². The highest BCUT2D eigenvalue weighted by Gasteiger charge is 2.39. The maximum absolute atomic E-state index is 12.2. The first-order valence-electron chi connectivity index (χ1n) is 9.95. The van der Waals surface area contributed by atoms with Crippen LogP contribution in [0.3, 0.4) is 0 Å². The standard InChI is InChI=1S/C21H31BrN4O.HI/c1-15(2)19(27)26-11-8-18(13-26)25-20(23-3)24-14-21(9-5-10-21)16-6-4-7-17(22)12-16;/h4,6-7,12,15,18H,5,8-11,13-14H2,1-3H3,(H2,23,24,25);1H. The van der Waals surface area contributed by atoms with E-state index in [2.05, 4.69) is 55.8 Å². The van der Waals surface area contributed by atoms with Crippen LogP contribution in [-0.4, -0.2) is 49.5 Å². The van der Waals surface area contributed by atoms with Gasteiger partial charge in [0.15, 0.2) is 5.96 Å². The van der Waals surface area contributed by atoms with Crippen molar-refractivity contribution in [3.63, 3.8) is 0 Å². The molecule has 0 aromatic heterocycles. The molecular formula is C21H32BrIN4O. The number of carbonyl (C=O) groups excluding carboxylic acids is 1. The number of hydrogen-bond donors (Lipinski definition) is 2. The highest BCUT2D eigenvalue weighted by Crippen LogP contribution is 2.43. The van der Waals surface area contributed by atoms with Crippen molar-refractivity contribution in [1.82, 2.24) is 15.5 Å². The number of likely N-dealkylation sites (tertiary alicyclic amines) is 1. The van der Waals surface area contributed by atoms with Crippen molar-refractivity contribution in [2.24, 2.45) is 10.9 Å². The van der Waals surface area contributed by atoms with Crippen LogP contribution in [0, 0.1) is 5.92 Å². The van der Waals surface area contributed by atoms with Crippen molar-refractivity contribution in [2.45, 2.75) is 51.0 Å². The van der Waals surface area contributed by atoms with E-state index < -0.39 is 0 Å². The minimum atomic E-state index is 0. The Labute approximate surface area is 194 Å². The molecule has 0 bridgehead atoms. The zero-order valence-corrected chi connectivity index (χ0v) is 20.9. The second-order valence-corrected chi connectivity index (χ2v) is 9.05. The molecule has 7 heteroatoms. The van der Waals surface area contributed by atoms with Crippen molar-refractivity contribution < 1.29 is 4.79 Å². The van der Waals surface area contributed by atoms with Gasteiger partial charge in [-0.1, -0.05) is 48.3 Å². The summed E-state index contributed by atoms with van der Waals surface area (Å²) in [5.41, 5.74) is 1.58. The Bertz CT molecular complexity index is 705. The molecule has 1 heterocycles. The maximum Gasteiger partial charge on any atom is 0.225 e. The monoisotopic (exact) mass is 562 g/mol. The normalized spacial score (nSPS) is 21.1. The molecule has 5 nitrogen and oxygen atoms in total. The van der Waals surface area contributed by atoms with Gasteiger partial charge in [-0.05, 0) is 37.0 Å². The topological polar surface area (TPSA) is 56.7 Å². The largest absolute Gasteiger partial charge is 0.356 e. The van der Waals surface area contributed by atoms with Gasteiger partial charge in [0.25, 0.3) is 0 Å². The Kier molecular flexibility index (Phi) is 8.60. The summed E-state index contributed by atoms with van der Waals surface area (Å²) in [5, 5.41) is 7.05. The van der Waals surface area contributed by atoms with Crippen LogP contribution in [0.4, 0.5) is 0 Å². The summed E-state index contributed by atoms with van der Waals surface area (Å²) >= 11 is 3.60. The lowest BCUT2D eigenvalue weighted by Crippen LogP contribution is -2.51. The number of hydrogen-bond acceptors (Lipinski definition) is 2. The summed E-state index contributed by atoms with van der Waals surface area (Å²) in [6, 6.07) is 8.93. The molecule has 1 aliphatic heterocycles. The molecule has 2 N–H and O–H groups in total. The molecule has 1 amide bonds. The van der Waals surface area contributed by atoms with Gasteiger partial charge >= 0.3 is 0 Å². The number of benzene rings is 1. The van der Waals surface area contributed by atoms with Gasteiger partial charge in [0, 0.05) is 48.5 Å². The molecule has 28 heavy (non-hydrogen) atoms. The molecule has 3 rings (SSSR count). The molecule has 1 aliphatic carbocycles. The Hall–Kier alpha value is -0.830. The Balaban J connectivity index is 0.00000280. The molecule has 0 radical (unpaired) electrons. The average molecular weight is 563 g/mol. The minimum absolute atomic E-state index is 0. The molecule has 1 saturated heterocycles. The van der Waals surface area contributed by atoms with Crippen molar-refractivity contribution in [3.05, 3.63) is 34.3 Å². The van der Waals surface area contributed by atoms with Crippen LogP contribution in [0.25, 0.3) is 0 Å². The van der Waals surface area contributed by atoms with E-state index in [0.29, 0.717) is 0 Å². The lowest BCUT2D eigenvalue weighted by Gasteiger charge is -2.43. The lowest BCUT2D eigenvalue weighted by atomic mass is 9.64. The molecule has 2 aliphatic rings. The van der Waals surface area contributed by atoms with E-state index in [1.165, 1.54) is 24.8 Å². The number of guanidine groups is 1. The van der Waals surface area contributed by atoms with E-state index in [4.69, 9.17) is 0 Å². The molecule has 1 aromatic rings. The number of rotatable bonds is 5. The molecule has 1 saturated carbocycles. The number of halogens is 2. The van der Waals surface area contributed by atoms with E-state index in [-0.39, 0.29) is 47.3 Å². The summed E-state index contributed by atoms with van der Waals surface area (Å²) in [5.74, 6) is 1.13. The van der Waals surface area contributed by atoms with Crippen LogP contribution in [0.1, 0.15) is 45.1 Å². The summed E-state index contributed by atoms with van der Waals surface area (Å²) in [4.78, 5) is 18.6. The third-order valence-electron chi connectivity index (χ3n) is 5.90. The molecule has 156 valence electrons. The van der Waals surface area contributed by atoms with Crippen LogP contribution < -0.4 is 10.6 Å². The fourth-order valence-corrected chi connectivity index (χ4v) is 4.47. The number of aliphatic imine (C=N–C) groups is 1. The van der Waals surface area contributed by atoms with Gasteiger partial charge in [0.1, 0.15) is 0 Å². The van der Waals surface area contributed by atoms with Crippen molar-refractivity contribution in [2.75, 3.05) is 26.7 Å². The van der Waals surface area contributed by atoms with E-state index in [1.54, 1.807) is 0 Å². The number of nitrogens with one attached hydrogen (secondary N) is 2. The minimum Gasteiger partial charge on any atom is -0.356 e. The van der Waals surface area contributed by atoms with Gasteiger partial charge in [-0.2, -0.15) is 0 Å². The van der Waals surface area contributed by atoms with Crippen molar-refractivity contribution in [1.29, 1.82) is 0 Å². The molecule has 1 atom stereocenters. The SMILES string of the molecule is CN=C(NCC1(c2cccc(Br)c2)CCC1)NC1CCN(C(=O)C(C)C)C1.I. The zero-order chi connectivity index (χ0) is 19.4. The van der Waals surface area contributed by atoms with Crippen molar-refractivity contribution >= 4 is 51.8 Å². The lowest BCUT2D eigenvalue weighted by molar-refractivity contribution is -0.133. The predicted octanol–water partition coefficient (Wildman–Crippen LogP) is 3.91. The molecule has 1 aromatic carbocycles. The van der Waals surface area contributed by atoms with Gasteiger partial charge in [-0.3, -0.25) is 9.79 Å². The first-order valence-corrected chi connectivity index (χ1v) is 10.7. The Morgan fingerprint density at radius 1 is 1.39 bits per heavy atom. The van der Waals surface area contributed by atoms with Gasteiger partial charge in [-0.15, -0.1) is 24.0 Å². The second kappa shape index (κ2) is 10.3. The number of carbonyl (C=O) groups is 1. The van der Waals surface area contributed by atoms with E-state index in [0.717, 1.165) is 36.5 Å². The maximum atomic E-state index is 12.2. The third-order valence-corrected chi connectivity index (χ3v) is 6.39. The Morgan fingerprint density at radius 3 is 2.71 bits per heavy atom. The van der Waals surface area contributed by atoms with E-state index >= 15 is 0 Å². The van der Waals surface area contributed by atoms with Crippen LogP contribution in [0.5, 0.6) is 0 Å². The highest BCUT2D eigenvalue weighted by atomic mass is 127. The van der Waals surface area contributed by atoms with Gasteiger partial charge in [0.2, 0.25) is 5.91 Å². The fourth-order valence-electron chi connectivity index (χ4n) is 4.07. The predicted molar refractivity (Wildman–Crippen MR) is 129 cm³/mol. The summed E-state index contributed by atoms with van der Waals surface area (Å²) < 4.78 is 1.13. The molecule has 1 unspecified atom stereocenters. The summed E-state index contributed by atoms with van der Waals surface area (Å²) in [6.45, 7) is 6.39. The quantitative estimate of drug-likeness (QED) is 0.325. The first-order chi connectivity index (χ1) is 12.9. The Morgan fingerprint density at radius 2 is 2.14 bits per heavy atom. The molecular weight excluding hydrogens is 531 g/mol. The molecule has 2 fully saturated rings. The van der Waals surface area contributed by atoms with Crippen LogP contribution in [-0.2, 0) is 10.2 Å². The highest BCUT2D eigenvalue weighted by molar-refractivity contribution is 14.0. The van der Waals surface area contributed by atoms with E-state index in [9.17, 15) is 4.79 Å². The van der Waals surface area contributed by atoms with Crippen molar-refractivity contribution in [3.8, 4) is 0 Å².